The van der Waals surface area contributed by atoms with Crippen molar-refractivity contribution in [2.24, 2.45) is 0 Å². The van der Waals surface area contributed by atoms with Crippen LogP contribution in [0, 0.1) is 0 Å². The number of benzene rings is 2. The minimum atomic E-state index is -3.88. The fourth-order valence-corrected chi connectivity index (χ4v) is 4.95. The van der Waals surface area contributed by atoms with Crippen LogP contribution in [0.25, 0.3) is 10.8 Å². The van der Waals surface area contributed by atoms with Gasteiger partial charge in [-0.3, -0.25) is 18.1 Å². The van der Waals surface area contributed by atoms with Gasteiger partial charge < -0.3 is 9.05 Å². The van der Waals surface area contributed by atoms with Gasteiger partial charge in [0.2, 0.25) is 0 Å². The Hall–Kier alpha value is -1.04. The van der Waals surface area contributed by atoms with Gasteiger partial charge in [0.1, 0.15) is 0 Å². The summed E-state index contributed by atoms with van der Waals surface area (Å²) in [6.45, 7) is 0. The lowest BCUT2D eigenvalue weighted by Crippen LogP contribution is -2.18. The Labute approximate surface area is 147 Å². The second-order valence-electron chi connectivity index (χ2n) is 5.16. The van der Waals surface area contributed by atoms with Gasteiger partial charge in [-0.1, -0.05) is 42.5 Å². The van der Waals surface area contributed by atoms with E-state index >= 15 is 0 Å². The Balaban J connectivity index is 2.37. The predicted octanol–water partition coefficient (Wildman–Crippen LogP) is 4.61. The van der Waals surface area contributed by atoms with E-state index in [1.165, 1.54) is 28.4 Å². The van der Waals surface area contributed by atoms with Crippen LogP contribution in [0.15, 0.2) is 42.5 Å². The molecule has 0 aromatic heterocycles. The quantitative estimate of drug-likeness (QED) is 0.580. The van der Waals surface area contributed by atoms with Crippen molar-refractivity contribution in [1.82, 2.24) is 0 Å². The number of phosphoric ester groups is 1. The SMILES string of the molecule is COP(=O)(OC)OC(Cc1ccc2ccccc2c1)P(=O)(OC)OC. The van der Waals surface area contributed by atoms with Gasteiger partial charge in [-0.2, -0.15) is 0 Å². The number of phosphoric acid groups is 1. The highest BCUT2D eigenvalue weighted by molar-refractivity contribution is 7.55. The Morgan fingerprint density at radius 1 is 0.840 bits per heavy atom. The fraction of sp³-hybridized carbons (Fsp3) is 0.375. The predicted molar refractivity (Wildman–Crippen MR) is 95.8 cm³/mol. The van der Waals surface area contributed by atoms with Gasteiger partial charge in [0.05, 0.1) is 0 Å². The van der Waals surface area contributed by atoms with Crippen molar-refractivity contribution in [1.29, 1.82) is 0 Å². The average molecular weight is 388 g/mol. The first-order valence-corrected chi connectivity index (χ1v) is 10.6. The zero-order valence-corrected chi connectivity index (χ0v) is 16.4. The summed E-state index contributed by atoms with van der Waals surface area (Å²) in [4.78, 5) is 0. The third-order valence-corrected chi connectivity index (χ3v) is 7.37. The van der Waals surface area contributed by atoms with Crippen molar-refractivity contribution in [3.63, 3.8) is 0 Å². The molecule has 0 radical (unpaired) electrons. The van der Waals surface area contributed by atoms with E-state index in [1.807, 2.05) is 42.5 Å². The zero-order chi connectivity index (χ0) is 18.5. The number of rotatable bonds is 9. The molecule has 0 saturated carbocycles. The van der Waals surface area contributed by atoms with Gasteiger partial charge in [0.25, 0.3) is 0 Å². The van der Waals surface area contributed by atoms with E-state index < -0.39 is 21.3 Å². The van der Waals surface area contributed by atoms with Crippen molar-refractivity contribution < 1.29 is 31.7 Å². The molecule has 2 aromatic rings. The van der Waals surface area contributed by atoms with Crippen LogP contribution in [0.5, 0.6) is 0 Å². The Morgan fingerprint density at radius 2 is 1.44 bits per heavy atom. The second kappa shape index (κ2) is 8.56. The van der Waals surface area contributed by atoms with Crippen LogP contribution < -0.4 is 0 Å². The minimum absolute atomic E-state index is 0.139. The lowest BCUT2D eigenvalue weighted by Gasteiger charge is -2.26. The van der Waals surface area contributed by atoms with Gasteiger partial charge in [-0.15, -0.1) is 0 Å². The van der Waals surface area contributed by atoms with Crippen LogP contribution in [0.4, 0.5) is 0 Å². The van der Waals surface area contributed by atoms with Crippen LogP contribution in [0.3, 0.4) is 0 Å². The molecule has 2 rings (SSSR count). The normalized spacial score (nSPS) is 13.9. The highest BCUT2D eigenvalue weighted by atomic mass is 31.2. The van der Waals surface area contributed by atoms with Crippen LogP contribution in [0.1, 0.15) is 5.56 Å². The molecule has 9 heteroatoms. The fourth-order valence-electron chi connectivity index (χ4n) is 2.39. The van der Waals surface area contributed by atoms with Crippen molar-refractivity contribution in [2.45, 2.75) is 12.3 Å². The average Bonchev–Trinajstić information content (AvgIpc) is 2.66. The highest BCUT2D eigenvalue weighted by Gasteiger charge is 2.41. The van der Waals surface area contributed by atoms with Gasteiger partial charge >= 0.3 is 15.4 Å². The van der Waals surface area contributed by atoms with Crippen molar-refractivity contribution in [3.8, 4) is 0 Å². The third kappa shape index (κ3) is 4.78. The van der Waals surface area contributed by atoms with Crippen molar-refractivity contribution in [3.05, 3.63) is 48.0 Å². The van der Waals surface area contributed by atoms with E-state index in [-0.39, 0.29) is 6.42 Å². The van der Waals surface area contributed by atoms with E-state index in [1.54, 1.807) is 0 Å². The first-order valence-electron chi connectivity index (χ1n) is 7.48. The molecule has 0 saturated heterocycles. The summed E-state index contributed by atoms with van der Waals surface area (Å²) in [5.41, 5.74) is 0.816. The van der Waals surface area contributed by atoms with Crippen molar-refractivity contribution >= 4 is 26.2 Å². The van der Waals surface area contributed by atoms with Gasteiger partial charge in [-0.25, -0.2) is 4.57 Å². The van der Waals surface area contributed by atoms with Gasteiger partial charge in [0, 0.05) is 34.9 Å². The van der Waals surface area contributed by atoms with Crippen LogP contribution in [0.2, 0.25) is 0 Å². The third-order valence-electron chi connectivity index (χ3n) is 3.78. The summed E-state index contributed by atoms with van der Waals surface area (Å²) < 4.78 is 50.2. The Kier molecular flexibility index (Phi) is 6.94. The molecule has 0 fully saturated rings. The van der Waals surface area contributed by atoms with E-state index in [2.05, 4.69) is 0 Å². The number of hydrogen-bond donors (Lipinski definition) is 0. The highest BCUT2D eigenvalue weighted by Crippen LogP contribution is 2.60. The number of fused-ring (bicyclic) bond motifs is 1. The molecule has 0 heterocycles. The molecule has 0 aliphatic carbocycles. The summed E-state index contributed by atoms with van der Waals surface area (Å²) >= 11 is 0. The Morgan fingerprint density at radius 3 is 2.00 bits per heavy atom. The standard InChI is InChI=1S/C16H22O7P2/c1-19-24(17,20-2)16(23-25(18,21-3)22-4)12-13-9-10-14-7-5-6-8-15(14)11-13/h5-11,16H,12H2,1-4H3. The molecule has 25 heavy (non-hydrogen) atoms. The summed E-state index contributed by atoms with van der Waals surface area (Å²) in [6, 6.07) is 13.6. The molecule has 2 aromatic carbocycles. The molecule has 0 aliphatic heterocycles. The van der Waals surface area contributed by atoms with E-state index in [0.29, 0.717) is 0 Å². The monoisotopic (exact) mass is 388 g/mol. The smallest absolute Gasteiger partial charge is 0.310 e. The van der Waals surface area contributed by atoms with Crippen LogP contribution in [-0.2, 0) is 38.2 Å². The van der Waals surface area contributed by atoms with Gasteiger partial charge in [0.15, 0.2) is 5.85 Å². The first-order chi connectivity index (χ1) is 11.9. The van der Waals surface area contributed by atoms with Gasteiger partial charge in [-0.05, 0) is 16.3 Å². The van der Waals surface area contributed by atoms with E-state index in [0.717, 1.165) is 16.3 Å². The summed E-state index contributed by atoms with van der Waals surface area (Å²) in [7, 11) is -2.72. The molecule has 7 nitrogen and oxygen atoms in total. The summed E-state index contributed by atoms with van der Waals surface area (Å²) in [6.07, 6.45) is 0.139. The summed E-state index contributed by atoms with van der Waals surface area (Å²) in [5, 5.41) is 2.09. The molecule has 1 atom stereocenters. The van der Waals surface area contributed by atoms with Crippen molar-refractivity contribution in [2.75, 3.05) is 28.4 Å². The topological polar surface area (TPSA) is 80.3 Å². The molecule has 0 spiro atoms. The lowest BCUT2D eigenvalue weighted by molar-refractivity contribution is 0.116. The molecule has 0 bridgehead atoms. The molecule has 0 aliphatic rings. The molecule has 0 N–H and O–H groups in total. The summed E-state index contributed by atoms with van der Waals surface area (Å²) in [5.74, 6) is -1.16. The molecular formula is C16H22O7P2. The van der Waals surface area contributed by atoms with Crippen LogP contribution >= 0.6 is 15.4 Å². The maximum absolute atomic E-state index is 12.8. The van der Waals surface area contributed by atoms with E-state index in [4.69, 9.17) is 22.6 Å². The van der Waals surface area contributed by atoms with Crippen LogP contribution in [-0.4, -0.2) is 34.3 Å². The molecule has 1 unspecified atom stereocenters. The maximum atomic E-state index is 12.8. The molecular weight excluding hydrogens is 366 g/mol. The van der Waals surface area contributed by atoms with E-state index in [9.17, 15) is 9.13 Å². The molecule has 138 valence electrons. The molecule has 0 amide bonds. The number of hydrogen-bond acceptors (Lipinski definition) is 7. The Bertz CT molecular complexity index is 792. The first kappa shape index (κ1) is 20.3. The zero-order valence-electron chi connectivity index (χ0n) is 14.6. The maximum Gasteiger partial charge on any atom is 0.475 e. The second-order valence-corrected chi connectivity index (χ2v) is 9.38. The lowest BCUT2D eigenvalue weighted by atomic mass is 10.1. The largest absolute Gasteiger partial charge is 0.475 e. The minimum Gasteiger partial charge on any atom is -0.310 e.